The Kier molecular flexibility index (Phi) is 13.1. The minimum Gasteiger partial charge on any atom is -0.495 e. The van der Waals surface area contributed by atoms with Crippen LogP contribution >= 0.6 is 0 Å². The van der Waals surface area contributed by atoms with E-state index in [0.29, 0.717) is 17.2 Å². The number of carbonyl (C=O) groups excluding carboxylic acids is 5. The molecule has 3 saturated carbocycles. The van der Waals surface area contributed by atoms with Crippen molar-refractivity contribution < 1.29 is 56.3 Å². The highest BCUT2D eigenvalue weighted by molar-refractivity contribution is 6.48. The van der Waals surface area contributed by atoms with Gasteiger partial charge < -0.3 is 44.8 Å². The van der Waals surface area contributed by atoms with Gasteiger partial charge >= 0.3 is 30.9 Å². The number of amides is 5. The topological polar surface area (TPSA) is 201 Å². The predicted octanol–water partition coefficient (Wildman–Crippen LogP) is 4.28. The van der Waals surface area contributed by atoms with Crippen molar-refractivity contribution >= 4 is 36.8 Å². The molecule has 8 rings (SSSR count). The Morgan fingerprint density at radius 3 is 2.41 bits per heavy atom. The summed E-state index contributed by atoms with van der Waals surface area (Å²) in [7, 11) is 0.120. The van der Waals surface area contributed by atoms with Crippen LogP contribution in [0, 0.1) is 28.9 Å². The molecule has 5 fully saturated rings. The summed E-state index contributed by atoms with van der Waals surface area (Å²) in [5.74, 6) is -6.84. The van der Waals surface area contributed by atoms with Gasteiger partial charge in [0.25, 0.3) is 0 Å². The van der Waals surface area contributed by atoms with E-state index in [4.69, 9.17) is 29.3 Å². The molecule has 64 heavy (non-hydrogen) atoms. The van der Waals surface area contributed by atoms with Gasteiger partial charge in [0.05, 0.1) is 31.0 Å². The lowest BCUT2D eigenvalue weighted by Gasteiger charge is -2.64. The van der Waals surface area contributed by atoms with Crippen molar-refractivity contribution in [2.45, 2.75) is 96.7 Å². The quantitative estimate of drug-likeness (QED) is 0.118. The molecular formula is C45H55BF2N6O10. The predicted molar refractivity (Wildman–Crippen MR) is 227 cm³/mol. The SMILES string of the molecule is COc1c(C[C@H](NC(=O)C(NC(=O)N2CCN(CCN)C(=O)C2=O)c2ncc(OCc3ccccc3)cc2F)B2O[C@@H]3C[C@@H]4C[C@@H](C4(C)C)[C@]3(C)O2)ccc(F)c1C(=O)OC(C)(C)C. The maximum absolute atomic E-state index is 16.3. The number of hydrogen-bond donors (Lipinski definition) is 3. The molecular weight excluding hydrogens is 833 g/mol. The van der Waals surface area contributed by atoms with Crippen LogP contribution in [0.15, 0.2) is 54.7 Å². The number of nitrogens with one attached hydrogen (secondary N) is 2. The highest BCUT2D eigenvalue weighted by atomic mass is 19.1. The number of ether oxygens (including phenoxy) is 3. The molecule has 1 unspecified atom stereocenters. The Bertz CT molecular complexity index is 2300. The van der Waals surface area contributed by atoms with Crippen molar-refractivity contribution in [1.82, 2.24) is 25.4 Å². The number of benzene rings is 2. The zero-order chi connectivity index (χ0) is 46.3. The number of esters is 1. The van der Waals surface area contributed by atoms with Crippen molar-refractivity contribution in [3.63, 3.8) is 0 Å². The van der Waals surface area contributed by atoms with Gasteiger partial charge in [-0.1, -0.05) is 50.2 Å². The number of methoxy groups -OCH3 is 1. The van der Waals surface area contributed by atoms with Crippen LogP contribution in [0.5, 0.6) is 11.5 Å². The summed E-state index contributed by atoms with van der Waals surface area (Å²) in [4.78, 5) is 74.3. The number of nitrogens with zero attached hydrogens (tertiary/aromatic N) is 3. The number of hydrogen-bond acceptors (Lipinski definition) is 12. The molecule has 2 aromatic carbocycles. The van der Waals surface area contributed by atoms with Crippen molar-refractivity contribution in [2.75, 3.05) is 33.3 Å². The number of imide groups is 1. The second-order valence-electron chi connectivity index (χ2n) is 18.5. The summed E-state index contributed by atoms with van der Waals surface area (Å²) in [6.45, 7) is 11.3. The van der Waals surface area contributed by atoms with Crippen LogP contribution in [0.2, 0.25) is 0 Å². The molecule has 0 radical (unpaired) electrons. The van der Waals surface area contributed by atoms with Crippen LogP contribution in [-0.2, 0) is 41.5 Å². The molecule has 2 aliphatic heterocycles. The number of rotatable bonds is 14. The van der Waals surface area contributed by atoms with Crippen LogP contribution < -0.4 is 25.8 Å². The number of carbonyl (C=O) groups is 5. The van der Waals surface area contributed by atoms with Gasteiger partial charge in [-0.05, 0) is 81.4 Å². The molecule has 342 valence electrons. The monoisotopic (exact) mass is 888 g/mol. The first-order valence-electron chi connectivity index (χ1n) is 21.4. The number of halogens is 2. The van der Waals surface area contributed by atoms with Gasteiger partial charge in [-0.25, -0.2) is 18.4 Å². The Hall–Kier alpha value is -5.66. The second kappa shape index (κ2) is 18.1. The highest BCUT2D eigenvalue weighted by Crippen LogP contribution is 2.65. The zero-order valence-electron chi connectivity index (χ0n) is 37.1. The van der Waals surface area contributed by atoms with Crippen LogP contribution in [0.4, 0.5) is 13.6 Å². The van der Waals surface area contributed by atoms with Crippen molar-refractivity contribution in [3.05, 3.63) is 88.7 Å². The highest BCUT2D eigenvalue weighted by Gasteiger charge is 2.68. The normalized spacial score (nSPS) is 23.4. The lowest BCUT2D eigenvalue weighted by atomic mass is 9.43. The largest absolute Gasteiger partial charge is 0.495 e. The fourth-order valence-corrected chi connectivity index (χ4v) is 9.46. The Balaban J connectivity index is 1.24. The fourth-order valence-electron chi connectivity index (χ4n) is 9.46. The number of pyridine rings is 1. The van der Waals surface area contributed by atoms with Crippen LogP contribution in [0.25, 0.3) is 0 Å². The van der Waals surface area contributed by atoms with Gasteiger partial charge in [-0.15, -0.1) is 0 Å². The smallest absolute Gasteiger partial charge is 0.482 e. The Morgan fingerprint density at radius 2 is 1.75 bits per heavy atom. The Labute approximate surface area is 371 Å². The lowest BCUT2D eigenvalue weighted by Crippen LogP contribution is -2.65. The maximum Gasteiger partial charge on any atom is 0.482 e. The molecule has 3 heterocycles. The molecule has 5 aliphatic rings. The first-order chi connectivity index (χ1) is 30.2. The summed E-state index contributed by atoms with van der Waals surface area (Å²) in [5.41, 5.74) is 3.87. The van der Waals surface area contributed by atoms with Gasteiger partial charge in [0.1, 0.15) is 40.8 Å². The molecule has 19 heteroatoms. The van der Waals surface area contributed by atoms with E-state index in [0.717, 1.165) is 24.1 Å². The fraction of sp³-hybridized carbons (Fsp3) is 0.511. The molecule has 3 aromatic rings. The minimum atomic E-state index is -1.92. The van der Waals surface area contributed by atoms with Crippen LogP contribution in [0.3, 0.4) is 0 Å². The lowest BCUT2D eigenvalue weighted by molar-refractivity contribution is -0.199. The van der Waals surface area contributed by atoms with E-state index in [1.807, 2.05) is 37.3 Å². The van der Waals surface area contributed by atoms with Crippen LogP contribution in [0.1, 0.15) is 87.6 Å². The van der Waals surface area contributed by atoms with Gasteiger partial charge in [0.2, 0.25) is 5.91 Å². The Morgan fingerprint density at radius 1 is 1.02 bits per heavy atom. The van der Waals surface area contributed by atoms with Gasteiger partial charge in [0, 0.05) is 32.2 Å². The van der Waals surface area contributed by atoms with E-state index in [1.54, 1.807) is 20.8 Å². The molecule has 1 aromatic heterocycles. The summed E-state index contributed by atoms with van der Waals surface area (Å²) in [6, 6.07) is 9.54. The molecule has 16 nitrogen and oxygen atoms in total. The minimum absolute atomic E-state index is 0.0199. The van der Waals surface area contributed by atoms with E-state index < -0.39 is 82.9 Å². The summed E-state index contributed by atoms with van der Waals surface area (Å²) >= 11 is 0. The molecule has 2 bridgehead atoms. The average molecular weight is 889 g/mol. The van der Waals surface area contributed by atoms with Gasteiger partial charge in [-0.2, -0.15) is 0 Å². The molecule has 6 atom stereocenters. The molecule has 4 N–H and O–H groups in total. The third-order valence-electron chi connectivity index (χ3n) is 12.9. The first-order valence-corrected chi connectivity index (χ1v) is 21.4. The standard InChI is InChI=1S/C45H55BF2N6O10/c1-43(2,3)62-41(58)34-29(47)14-13-26(37(34)60-7)19-33(46-63-32-21-27-20-31(44(27,4)5)45(32,6)64-46)51-38(55)36(52-42(59)54-18-17-53(16-15-49)39(56)40(54)57)35-30(48)22-28(23-50-35)61-24-25-11-9-8-10-12-25/h8-14,22-23,27,31-33,36H,15-21,24,49H2,1-7H3,(H,51,55)(H,52,59)/t27-,31-,32+,33-,36?,45-/m0/s1. The number of urea groups is 1. The second-order valence-corrected chi connectivity index (χ2v) is 18.5. The van der Waals surface area contributed by atoms with Gasteiger partial charge in [0.15, 0.2) is 11.9 Å². The average Bonchev–Trinajstić information content (AvgIpc) is 3.61. The molecule has 0 spiro atoms. The van der Waals surface area contributed by atoms with Crippen molar-refractivity contribution in [2.24, 2.45) is 23.0 Å². The number of piperazine rings is 1. The third-order valence-corrected chi connectivity index (χ3v) is 12.9. The maximum atomic E-state index is 16.3. The summed E-state index contributed by atoms with van der Waals surface area (Å²) in [6.07, 6.45) is 2.26. The zero-order valence-corrected chi connectivity index (χ0v) is 37.1. The number of aromatic nitrogens is 1. The molecule has 5 amide bonds. The van der Waals surface area contributed by atoms with Crippen molar-refractivity contribution in [1.29, 1.82) is 0 Å². The first kappa shape index (κ1) is 46.3. The van der Waals surface area contributed by atoms with E-state index in [1.165, 1.54) is 24.3 Å². The van der Waals surface area contributed by atoms with E-state index in [-0.39, 0.29) is 73.7 Å². The van der Waals surface area contributed by atoms with Crippen molar-refractivity contribution in [3.8, 4) is 11.5 Å². The van der Waals surface area contributed by atoms with Gasteiger partial charge in [-0.3, -0.25) is 24.3 Å². The summed E-state index contributed by atoms with van der Waals surface area (Å²) < 4.78 is 62.1. The van der Waals surface area contributed by atoms with E-state index >= 15 is 8.78 Å². The van der Waals surface area contributed by atoms with Crippen LogP contribution in [-0.4, -0.2) is 108 Å². The third kappa shape index (κ3) is 9.15. The number of nitrogens with two attached hydrogens (primary N) is 1. The molecule has 3 aliphatic carbocycles. The van der Waals surface area contributed by atoms with E-state index in [9.17, 15) is 24.0 Å². The molecule has 2 saturated heterocycles. The summed E-state index contributed by atoms with van der Waals surface area (Å²) in [5, 5.41) is 5.31. The van der Waals surface area contributed by atoms with E-state index in [2.05, 4.69) is 29.5 Å².